The van der Waals surface area contributed by atoms with Gasteiger partial charge in [0.05, 0.1) is 17.5 Å². The Morgan fingerprint density at radius 2 is 2.12 bits per heavy atom. The fourth-order valence-corrected chi connectivity index (χ4v) is 1.79. The molecule has 0 atom stereocenters. The minimum absolute atomic E-state index is 0.313. The number of hydrogen-bond donors (Lipinski definition) is 0. The second-order valence-electron chi connectivity index (χ2n) is 2.80. The maximum absolute atomic E-state index is 8.50. The van der Waals surface area contributed by atoms with Gasteiger partial charge in [0.25, 0.3) is 0 Å². The molecule has 2 aromatic rings. The molecule has 0 aliphatic heterocycles. The van der Waals surface area contributed by atoms with E-state index >= 15 is 0 Å². The summed E-state index contributed by atoms with van der Waals surface area (Å²) in [6, 6.07) is 9.18. The Kier molecular flexibility index (Phi) is 3.39. The summed E-state index contributed by atoms with van der Waals surface area (Å²) in [7, 11) is 0. The number of nitrogens with zero attached hydrogens (tertiary/aromatic N) is 5. The van der Waals surface area contributed by atoms with E-state index in [2.05, 4.69) is 15.5 Å². The molecule has 0 fully saturated rings. The zero-order valence-electron chi connectivity index (χ0n) is 8.04. The van der Waals surface area contributed by atoms with Crippen molar-refractivity contribution >= 4 is 23.4 Å². The number of aromatic nitrogens is 4. The third-order valence-corrected chi connectivity index (χ3v) is 2.82. The Balaban J connectivity index is 2.30. The Bertz CT molecular complexity index is 515. The number of tetrazole rings is 1. The molecular formula is C9H6ClN5S. The minimum atomic E-state index is 0.313. The molecule has 0 saturated carbocycles. The first-order valence-electron chi connectivity index (χ1n) is 4.35. The second kappa shape index (κ2) is 4.96. The molecule has 5 nitrogen and oxygen atoms in total. The lowest BCUT2D eigenvalue weighted by Crippen LogP contribution is -1.98. The monoisotopic (exact) mass is 251 g/mol. The molecule has 0 N–H and O–H groups in total. The summed E-state index contributed by atoms with van der Waals surface area (Å²) in [6.45, 7) is 0. The van der Waals surface area contributed by atoms with Crippen LogP contribution < -0.4 is 0 Å². The molecule has 1 aromatic carbocycles. The molecule has 0 saturated heterocycles. The third-order valence-electron chi connectivity index (χ3n) is 1.78. The van der Waals surface area contributed by atoms with E-state index in [0.29, 0.717) is 15.9 Å². The van der Waals surface area contributed by atoms with Gasteiger partial charge in [0, 0.05) is 5.02 Å². The highest BCUT2D eigenvalue weighted by Crippen LogP contribution is 2.18. The SMILES string of the molecule is N#CCSc1nnnn1-c1ccc(Cl)cc1. The van der Waals surface area contributed by atoms with E-state index in [1.807, 2.05) is 18.2 Å². The number of thioether (sulfide) groups is 1. The predicted molar refractivity (Wildman–Crippen MR) is 60.5 cm³/mol. The van der Waals surface area contributed by atoms with Crippen LogP contribution in [-0.4, -0.2) is 26.0 Å². The van der Waals surface area contributed by atoms with Crippen LogP contribution in [0, 0.1) is 11.3 Å². The molecule has 0 bridgehead atoms. The van der Waals surface area contributed by atoms with Crippen LogP contribution in [0.4, 0.5) is 0 Å². The highest BCUT2D eigenvalue weighted by molar-refractivity contribution is 7.99. The first kappa shape index (κ1) is 10.9. The Hall–Kier alpha value is -1.58. The van der Waals surface area contributed by atoms with Gasteiger partial charge in [-0.2, -0.15) is 9.94 Å². The zero-order valence-corrected chi connectivity index (χ0v) is 9.61. The van der Waals surface area contributed by atoms with Crippen molar-refractivity contribution in [3.8, 4) is 11.8 Å². The highest BCUT2D eigenvalue weighted by Gasteiger charge is 2.07. The highest BCUT2D eigenvalue weighted by atomic mass is 35.5. The van der Waals surface area contributed by atoms with Crippen LogP contribution in [0.15, 0.2) is 29.4 Å². The van der Waals surface area contributed by atoms with Crippen LogP contribution in [0.3, 0.4) is 0 Å². The molecule has 2 rings (SSSR count). The lowest BCUT2D eigenvalue weighted by Gasteiger charge is -2.02. The zero-order chi connectivity index (χ0) is 11.4. The summed E-state index contributed by atoms with van der Waals surface area (Å²) in [5, 5.41) is 21.0. The molecule has 7 heteroatoms. The molecule has 0 radical (unpaired) electrons. The number of nitriles is 1. The van der Waals surface area contributed by atoms with Gasteiger partial charge in [-0.1, -0.05) is 23.4 Å². The molecule has 0 aliphatic carbocycles. The van der Waals surface area contributed by atoms with E-state index in [4.69, 9.17) is 16.9 Å². The predicted octanol–water partition coefficient (Wildman–Crippen LogP) is 1.93. The van der Waals surface area contributed by atoms with Crippen LogP contribution in [0.1, 0.15) is 0 Å². The van der Waals surface area contributed by atoms with Gasteiger partial charge in [0.1, 0.15) is 0 Å². The molecular weight excluding hydrogens is 246 g/mol. The normalized spacial score (nSPS) is 10.0. The number of rotatable bonds is 3. The topological polar surface area (TPSA) is 67.4 Å². The van der Waals surface area contributed by atoms with Crippen LogP contribution in [-0.2, 0) is 0 Å². The summed E-state index contributed by atoms with van der Waals surface area (Å²) >= 11 is 7.07. The van der Waals surface area contributed by atoms with Gasteiger partial charge in [0.15, 0.2) is 0 Å². The van der Waals surface area contributed by atoms with Crippen molar-refractivity contribution in [2.45, 2.75) is 5.16 Å². The van der Waals surface area contributed by atoms with Gasteiger partial charge >= 0.3 is 0 Å². The molecule has 1 aromatic heterocycles. The first-order chi connectivity index (χ1) is 7.81. The van der Waals surface area contributed by atoms with Gasteiger partial charge in [-0.05, 0) is 34.7 Å². The van der Waals surface area contributed by atoms with Crippen molar-refractivity contribution in [1.82, 2.24) is 20.2 Å². The van der Waals surface area contributed by atoms with Gasteiger partial charge in [-0.15, -0.1) is 5.10 Å². The molecule has 80 valence electrons. The quantitative estimate of drug-likeness (QED) is 0.780. The maximum Gasteiger partial charge on any atom is 0.215 e. The van der Waals surface area contributed by atoms with Crippen LogP contribution >= 0.6 is 23.4 Å². The Labute approximate surface area is 101 Å². The van der Waals surface area contributed by atoms with Crippen LogP contribution in [0.2, 0.25) is 5.02 Å². The molecule has 0 spiro atoms. The van der Waals surface area contributed by atoms with E-state index in [-0.39, 0.29) is 0 Å². The molecule has 16 heavy (non-hydrogen) atoms. The summed E-state index contributed by atoms with van der Waals surface area (Å²) < 4.78 is 1.57. The van der Waals surface area contributed by atoms with Crippen molar-refractivity contribution in [2.24, 2.45) is 0 Å². The maximum atomic E-state index is 8.50. The summed E-state index contributed by atoms with van der Waals surface area (Å²) in [5.41, 5.74) is 0.815. The molecule has 0 amide bonds. The smallest absolute Gasteiger partial charge is 0.197 e. The summed E-state index contributed by atoms with van der Waals surface area (Å²) in [4.78, 5) is 0. The summed E-state index contributed by atoms with van der Waals surface area (Å²) in [6.07, 6.45) is 0. The third kappa shape index (κ3) is 2.32. The van der Waals surface area contributed by atoms with Crippen molar-refractivity contribution in [2.75, 3.05) is 5.75 Å². The average Bonchev–Trinajstić information content (AvgIpc) is 2.75. The minimum Gasteiger partial charge on any atom is -0.197 e. The fourth-order valence-electron chi connectivity index (χ4n) is 1.11. The van der Waals surface area contributed by atoms with Gasteiger partial charge < -0.3 is 0 Å². The molecule has 1 heterocycles. The molecule has 0 aliphatic rings. The van der Waals surface area contributed by atoms with Gasteiger partial charge in [0.2, 0.25) is 5.16 Å². The Morgan fingerprint density at radius 1 is 1.38 bits per heavy atom. The lowest BCUT2D eigenvalue weighted by molar-refractivity contribution is 0.757. The Morgan fingerprint density at radius 3 is 2.81 bits per heavy atom. The van der Waals surface area contributed by atoms with Crippen LogP contribution in [0.25, 0.3) is 5.69 Å². The number of benzene rings is 1. The van der Waals surface area contributed by atoms with E-state index in [1.165, 1.54) is 11.8 Å². The van der Waals surface area contributed by atoms with E-state index < -0.39 is 0 Å². The average molecular weight is 252 g/mol. The van der Waals surface area contributed by atoms with E-state index in [0.717, 1.165) is 5.69 Å². The van der Waals surface area contributed by atoms with Crippen molar-refractivity contribution in [3.05, 3.63) is 29.3 Å². The lowest BCUT2D eigenvalue weighted by atomic mass is 10.3. The molecule has 0 unspecified atom stereocenters. The van der Waals surface area contributed by atoms with Crippen molar-refractivity contribution in [1.29, 1.82) is 5.26 Å². The summed E-state index contributed by atoms with van der Waals surface area (Å²) in [5.74, 6) is 0.313. The second-order valence-corrected chi connectivity index (χ2v) is 4.18. The largest absolute Gasteiger partial charge is 0.215 e. The standard InChI is InChI=1S/C9H6ClN5S/c10-7-1-3-8(4-2-7)15-9(12-13-14-15)16-6-5-11/h1-4H,6H2. The van der Waals surface area contributed by atoms with Crippen molar-refractivity contribution in [3.63, 3.8) is 0 Å². The van der Waals surface area contributed by atoms with E-state index in [9.17, 15) is 0 Å². The first-order valence-corrected chi connectivity index (χ1v) is 5.71. The number of halogens is 1. The number of hydrogen-bond acceptors (Lipinski definition) is 5. The van der Waals surface area contributed by atoms with Crippen molar-refractivity contribution < 1.29 is 0 Å². The van der Waals surface area contributed by atoms with Gasteiger partial charge in [-0.25, -0.2) is 0 Å². The van der Waals surface area contributed by atoms with E-state index in [1.54, 1.807) is 16.8 Å². The van der Waals surface area contributed by atoms with Crippen LogP contribution in [0.5, 0.6) is 0 Å². The van der Waals surface area contributed by atoms with Gasteiger partial charge in [-0.3, -0.25) is 0 Å². The fraction of sp³-hybridized carbons (Fsp3) is 0.111.